The van der Waals surface area contributed by atoms with Crippen LogP contribution in [0.2, 0.25) is 0 Å². The monoisotopic (exact) mass is 505 g/mol. The summed E-state index contributed by atoms with van der Waals surface area (Å²) in [5, 5.41) is 14.2. The van der Waals surface area contributed by atoms with Crippen molar-refractivity contribution in [1.82, 2.24) is 14.5 Å². The lowest BCUT2D eigenvalue weighted by atomic mass is 9.99. The van der Waals surface area contributed by atoms with Crippen LogP contribution in [0.1, 0.15) is 19.4 Å². The lowest BCUT2D eigenvalue weighted by Gasteiger charge is -2.36. The van der Waals surface area contributed by atoms with Crippen LogP contribution in [0.3, 0.4) is 0 Å². The number of methoxy groups -OCH3 is 1. The lowest BCUT2D eigenvalue weighted by Crippen LogP contribution is -2.55. The smallest absolute Gasteiger partial charge is 0.243 e. The molecule has 3 rings (SSSR count). The number of amides is 1. The molecule has 9 nitrogen and oxygen atoms in total. The standard InChI is InChI=1S/C25H35N3O6S/c1-19(2)14-27(35(31,32)22-11-9-21(33-3)10-12-22)15-24(30)23(13-20-7-5-4-6-8-20)28-18-34-16-25(28)26-17-29/h4-12,17,19,23-25,30H,13-16,18H2,1-3H3,(H,26,29)/t23-,24+,25-/m0/s1. The normalized spacial score (nSPS) is 18.5. The molecule has 0 radical (unpaired) electrons. The van der Waals surface area contributed by atoms with Gasteiger partial charge in [-0.3, -0.25) is 9.69 Å². The zero-order valence-electron chi connectivity index (χ0n) is 20.4. The number of benzene rings is 2. The first-order chi connectivity index (χ1) is 16.8. The van der Waals surface area contributed by atoms with Gasteiger partial charge in [-0.25, -0.2) is 8.42 Å². The summed E-state index contributed by atoms with van der Waals surface area (Å²) in [6, 6.07) is 15.4. The topological polar surface area (TPSA) is 108 Å². The number of aliphatic hydroxyl groups is 1. The van der Waals surface area contributed by atoms with Crippen molar-refractivity contribution in [2.24, 2.45) is 5.92 Å². The molecule has 2 N–H and O–H groups in total. The fourth-order valence-corrected chi connectivity index (χ4v) is 5.86. The first-order valence-electron chi connectivity index (χ1n) is 11.7. The van der Waals surface area contributed by atoms with E-state index in [1.165, 1.54) is 23.5 Å². The van der Waals surface area contributed by atoms with E-state index in [2.05, 4.69) is 5.32 Å². The Hall–Kier alpha value is -2.50. The fourth-order valence-electron chi connectivity index (χ4n) is 4.24. The highest BCUT2D eigenvalue weighted by atomic mass is 32.2. The van der Waals surface area contributed by atoms with Crippen molar-refractivity contribution in [2.75, 3.05) is 33.5 Å². The van der Waals surface area contributed by atoms with Gasteiger partial charge in [0, 0.05) is 19.1 Å². The Balaban J connectivity index is 1.89. The summed E-state index contributed by atoms with van der Waals surface area (Å²) in [4.78, 5) is 13.1. The Bertz CT molecular complexity index is 1030. The molecule has 1 amide bonds. The molecule has 35 heavy (non-hydrogen) atoms. The summed E-state index contributed by atoms with van der Waals surface area (Å²) in [7, 11) is -2.35. The van der Waals surface area contributed by atoms with Crippen LogP contribution < -0.4 is 10.1 Å². The number of nitrogens with zero attached hydrogens (tertiary/aromatic N) is 2. The van der Waals surface area contributed by atoms with Gasteiger partial charge in [0.2, 0.25) is 16.4 Å². The van der Waals surface area contributed by atoms with Gasteiger partial charge < -0.3 is 19.9 Å². The Morgan fingerprint density at radius 2 is 1.86 bits per heavy atom. The molecule has 2 aromatic rings. The quantitative estimate of drug-likeness (QED) is 0.399. The molecular weight excluding hydrogens is 470 g/mol. The van der Waals surface area contributed by atoms with Crippen molar-refractivity contribution in [3.63, 3.8) is 0 Å². The van der Waals surface area contributed by atoms with Gasteiger partial charge in [-0.05, 0) is 42.2 Å². The van der Waals surface area contributed by atoms with E-state index in [0.29, 0.717) is 18.6 Å². The van der Waals surface area contributed by atoms with Crippen molar-refractivity contribution < 1.29 is 27.8 Å². The van der Waals surface area contributed by atoms with Gasteiger partial charge in [0.05, 0.1) is 24.7 Å². The van der Waals surface area contributed by atoms with E-state index in [9.17, 15) is 18.3 Å². The minimum Gasteiger partial charge on any atom is -0.497 e. The molecule has 1 aliphatic rings. The molecule has 1 heterocycles. The van der Waals surface area contributed by atoms with Gasteiger partial charge in [0.1, 0.15) is 18.6 Å². The maximum Gasteiger partial charge on any atom is 0.243 e. The van der Waals surface area contributed by atoms with E-state index < -0.39 is 28.3 Å². The molecule has 1 saturated heterocycles. The number of carbonyl (C=O) groups excluding carboxylic acids is 1. The number of hydrogen-bond acceptors (Lipinski definition) is 7. The highest BCUT2D eigenvalue weighted by Gasteiger charge is 2.38. The van der Waals surface area contributed by atoms with E-state index in [-0.39, 0.29) is 37.2 Å². The van der Waals surface area contributed by atoms with E-state index in [4.69, 9.17) is 9.47 Å². The summed E-state index contributed by atoms with van der Waals surface area (Å²) < 4.78 is 39.2. The predicted molar refractivity (Wildman–Crippen MR) is 132 cm³/mol. The predicted octanol–water partition coefficient (Wildman–Crippen LogP) is 1.68. The molecule has 3 atom stereocenters. The molecule has 1 fully saturated rings. The first-order valence-corrected chi connectivity index (χ1v) is 13.1. The van der Waals surface area contributed by atoms with Crippen LogP contribution in [0.4, 0.5) is 0 Å². The maximum atomic E-state index is 13.5. The zero-order valence-corrected chi connectivity index (χ0v) is 21.2. The molecule has 0 unspecified atom stereocenters. The number of aliphatic hydroxyl groups excluding tert-OH is 1. The molecule has 1 aliphatic heterocycles. The highest BCUT2D eigenvalue weighted by Crippen LogP contribution is 2.24. The second-order valence-electron chi connectivity index (χ2n) is 9.03. The van der Waals surface area contributed by atoms with Crippen molar-refractivity contribution in [1.29, 1.82) is 0 Å². The van der Waals surface area contributed by atoms with Gasteiger partial charge in [-0.1, -0.05) is 44.2 Å². The SMILES string of the molecule is COc1ccc(S(=O)(=O)N(CC(C)C)C[C@@H](O)[C@H](Cc2ccccc2)N2COC[C@H]2NC=O)cc1. The van der Waals surface area contributed by atoms with Crippen LogP contribution in [0.5, 0.6) is 5.75 Å². The number of rotatable bonds is 13. The van der Waals surface area contributed by atoms with Crippen molar-refractivity contribution in [2.45, 2.75) is 43.5 Å². The first kappa shape index (κ1) is 27.1. The number of sulfonamides is 1. The third kappa shape index (κ3) is 7.02. The zero-order chi connectivity index (χ0) is 25.4. The van der Waals surface area contributed by atoms with Crippen LogP contribution in [0.15, 0.2) is 59.5 Å². The molecule has 10 heteroatoms. The van der Waals surface area contributed by atoms with Crippen molar-refractivity contribution in [3.05, 3.63) is 60.2 Å². The van der Waals surface area contributed by atoms with Crippen molar-refractivity contribution >= 4 is 16.4 Å². The molecular formula is C25H35N3O6S. The Kier molecular flexibility index (Phi) is 9.64. The van der Waals surface area contributed by atoms with Crippen LogP contribution in [0.25, 0.3) is 0 Å². The molecule has 2 aromatic carbocycles. The summed E-state index contributed by atoms with van der Waals surface area (Å²) in [5.41, 5.74) is 0.988. The number of nitrogens with one attached hydrogen (secondary N) is 1. The summed E-state index contributed by atoms with van der Waals surface area (Å²) in [6.45, 7) is 4.52. The average molecular weight is 506 g/mol. The minimum atomic E-state index is -3.87. The van der Waals surface area contributed by atoms with E-state index in [0.717, 1.165) is 5.56 Å². The Morgan fingerprint density at radius 1 is 1.17 bits per heavy atom. The molecule has 0 aliphatic carbocycles. The highest BCUT2D eigenvalue weighted by molar-refractivity contribution is 7.89. The third-order valence-corrected chi connectivity index (χ3v) is 7.84. The van der Waals surface area contributed by atoms with E-state index in [1.54, 1.807) is 12.1 Å². The number of hydrogen-bond donors (Lipinski definition) is 2. The summed E-state index contributed by atoms with van der Waals surface area (Å²) >= 11 is 0. The van der Waals surface area contributed by atoms with Crippen molar-refractivity contribution in [3.8, 4) is 5.75 Å². The minimum absolute atomic E-state index is 0.0439. The van der Waals surface area contributed by atoms with Gasteiger partial charge in [-0.2, -0.15) is 4.31 Å². The molecule has 0 bridgehead atoms. The Labute approximate surface area is 207 Å². The third-order valence-electron chi connectivity index (χ3n) is 5.99. The van der Waals surface area contributed by atoms with Crippen LogP contribution in [0, 0.1) is 5.92 Å². The largest absolute Gasteiger partial charge is 0.497 e. The van der Waals surface area contributed by atoms with Gasteiger partial charge in [0.25, 0.3) is 0 Å². The van der Waals surface area contributed by atoms with Crippen LogP contribution in [-0.4, -0.2) is 81.0 Å². The second-order valence-corrected chi connectivity index (χ2v) is 11.0. The molecule has 0 aromatic heterocycles. The van der Waals surface area contributed by atoms with E-state index in [1.807, 2.05) is 49.1 Å². The van der Waals surface area contributed by atoms with E-state index >= 15 is 0 Å². The van der Waals surface area contributed by atoms with Gasteiger partial charge >= 0.3 is 0 Å². The molecule has 192 valence electrons. The average Bonchev–Trinajstić information content (AvgIpc) is 3.30. The summed E-state index contributed by atoms with van der Waals surface area (Å²) in [5.74, 6) is 0.604. The summed E-state index contributed by atoms with van der Waals surface area (Å²) in [6.07, 6.45) is -0.384. The number of carbonyl (C=O) groups is 1. The van der Waals surface area contributed by atoms with Crippen LogP contribution in [-0.2, 0) is 26.0 Å². The molecule has 0 saturated carbocycles. The van der Waals surface area contributed by atoms with Gasteiger partial charge in [-0.15, -0.1) is 0 Å². The van der Waals surface area contributed by atoms with Crippen LogP contribution >= 0.6 is 0 Å². The maximum absolute atomic E-state index is 13.5. The lowest BCUT2D eigenvalue weighted by molar-refractivity contribution is -0.111. The molecule has 0 spiro atoms. The second kappa shape index (κ2) is 12.5. The fraction of sp³-hybridized carbons (Fsp3) is 0.480. The Morgan fingerprint density at radius 3 is 2.46 bits per heavy atom. The van der Waals surface area contributed by atoms with Gasteiger partial charge in [0.15, 0.2) is 0 Å². The number of ether oxygens (including phenoxy) is 2.